The van der Waals surface area contributed by atoms with Crippen molar-refractivity contribution in [3.8, 4) is 0 Å². The lowest BCUT2D eigenvalue weighted by molar-refractivity contribution is -0.139. The Labute approximate surface area is 107 Å². The van der Waals surface area contributed by atoms with Crippen LogP contribution in [0.3, 0.4) is 0 Å². The monoisotopic (exact) mass is 271 g/mol. The van der Waals surface area contributed by atoms with Gasteiger partial charge in [0.2, 0.25) is 10.0 Å². The fraction of sp³-hybridized carbons (Fsp3) is 0.417. The second-order valence-corrected chi connectivity index (χ2v) is 5.80. The molecule has 18 heavy (non-hydrogen) atoms. The number of sulfonamides is 1. The number of rotatable bonds is 7. The zero-order chi connectivity index (χ0) is 13.6. The van der Waals surface area contributed by atoms with Crippen LogP contribution in [0.25, 0.3) is 0 Å². The van der Waals surface area contributed by atoms with Crippen LogP contribution in [0.2, 0.25) is 0 Å². The van der Waals surface area contributed by atoms with Crippen LogP contribution in [-0.4, -0.2) is 25.5 Å². The molecule has 0 amide bonds. The highest BCUT2D eigenvalue weighted by Crippen LogP contribution is 2.06. The van der Waals surface area contributed by atoms with E-state index >= 15 is 0 Å². The van der Waals surface area contributed by atoms with Crippen molar-refractivity contribution in [3.05, 3.63) is 35.9 Å². The minimum absolute atomic E-state index is 0.207. The molecule has 0 fully saturated rings. The summed E-state index contributed by atoms with van der Waals surface area (Å²) in [5.41, 5.74) is 0.630. The number of hydrogen-bond acceptors (Lipinski definition) is 3. The molecule has 0 heterocycles. The van der Waals surface area contributed by atoms with Crippen LogP contribution < -0.4 is 4.72 Å². The van der Waals surface area contributed by atoms with Crippen LogP contribution >= 0.6 is 0 Å². The Balaban J connectivity index is 2.72. The van der Waals surface area contributed by atoms with E-state index in [0.29, 0.717) is 12.0 Å². The number of carbonyl (C=O) groups is 1. The number of nitrogens with one attached hydrogen (secondary N) is 1. The molecule has 100 valence electrons. The summed E-state index contributed by atoms with van der Waals surface area (Å²) in [6, 6.07) is 7.60. The molecule has 0 saturated heterocycles. The van der Waals surface area contributed by atoms with E-state index in [-0.39, 0.29) is 12.2 Å². The van der Waals surface area contributed by atoms with Crippen molar-refractivity contribution < 1.29 is 18.3 Å². The Hall–Kier alpha value is -1.40. The smallest absolute Gasteiger partial charge is 0.321 e. The molecule has 0 bridgehead atoms. The highest BCUT2D eigenvalue weighted by atomic mass is 32.2. The average molecular weight is 271 g/mol. The van der Waals surface area contributed by atoms with E-state index in [9.17, 15) is 13.2 Å². The van der Waals surface area contributed by atoms with Gasteiger partial charge in [0.25, 0.3) is 0 Å². The van der Waals surface area contributed by atoms with Gasteiger partial charge in [0.15, 0.2) is 0 Å². The van der Waals surface area contributed by atoms with Gasteiger partial charge < -0.3 is 5.11 Å². The summed E-state index contributed by atoms with van der Waals surface area (Å²) >= 11 is 0. The molecule has 0 aromatic heterocycles. The van der Waals surface area contributed by atoms with E-state index in [4.69, 9.17) is 5.11 Å². The van der Waals surface area contributed by atoms with Crippen molar-refractivity contribution >= 4 is 16.0 Å². The van der Waals surface area contributed by atoms with Crippen molar-refractivity contribution in [1.82, 2.24) is 4.72 Å². The van der Waals surface area contributed by atoms with Crippen LogP contribution in [0.15, 0.2) is 30.3 Å². The Bertz CT molecular complexity index is 484. The number of hydrogen-bond donors (Lipinski definition) is 2. The molecule has 0 aliphatic rings. The third kappa shape index (κ3) is 4.85. The van der Waals surface area contributed by atoms with E-state index in [1.54, 1.807) is 37.3 Å². The largest absolute Gasteiger partial charge is 0.480 e. The topological polar surface area (TPSA) is 83.5 Å². The average Bonchev–Trinajstić information content (AvgIpc) is 2.28. The number of carboxylic acids is 1. The summed E-state index contributed by atoms with van der Waals surface area (Å²) in [6.07, 6.45) is 0.883. The SMILES string of the molecule is CCC[C@H](NS(=O)(=O)Cc1ccccc1)C(=O)O. The third-order valence-corrected chi connectivity index (χ3v) is 3.75. The lowest BCUT2D eigenvalue weighted by Crippen LogP contribution is -2.41. The van der Waals surface area contributed by atoms with E-state index < -0.39 is 22.0 Å². The second kappa shape index (κ2) is 6.51. The molecule has 0 saturated carbocycles. The van der Waals surface area contributed by atoms with Gasteiger partial charge in [0.05, 0.1) is 5.75 Å². The molecule has 6 heteroatoms. The molecule has 1 aromatic carbocycles. The van der Waals surface area contributed by atoms with E-state index in [1.165, 1.54) is 0 Å². The Morgan fingerprint density at radius 3 is 2.44 bits per heavy atom. The maximum atomic E-state index is 11.8. The van der Waals surface area contributed by atoms with Crippen LogP contribution in [0.4, 0.5) is 0 Å². The molecular formula is C12H17NO4S. The van der Waals surface area contributed by atoms with Gasteiger partial charge in [0, 0.05) is 0 Å². The maximum absolute atomic E-state index is 11.8. The Kier molecular flexibility index (Phi) is 5.30. The predicted octanol–water partition coefficient (Wildman–Crippen LogP) is 1.36. The normalized spacial score (nSPS) is 13.2. The molecule has 0 unspecified atom stereocenters. The molecule has 2 N–H and O–H groups in total. The summed E-state index contributed by atoms with van der Waals surface area (Å²) in [4.78, 5) is 10.9. The van der Waals surface area contributed by atoms with Gasteiger partial charge in [-0.05, 0) is 12.0 Å². The first kappa shape index (κ1) is 14.7. The van der Waals surface area contributed by atoms with Crippen molar-refractivity contribution in [3.63, 3.8) is 0 Å². The highest BCUT2D eigenvalue weighted by molar-refractivity contribution is 7.88. The molecular weight excluding hydrogens is 254 g/mol. The maximum Gasteiger partial charge on any atom is 0.321 e. The van der Waals surface area contributed by atoms with Gasteiger partial charge in [-0.1, -0.05) is 43.7 Å². The van der Waals surface area contributed by atoms with Crippen molar-refractivity contribution in [2.75, 3.05) is 0 Å². The van der Waals surface area contributed by atoms with Crippen LogP contribution in [0.1, 0.15) is 25.3 Å². The van der Waals surface area contributed by atoms with Crippen molar-refractivity contribution in [1.29, 1.82) is 0 Å². The lowest BCUT2D eigenvalue weighted by atomic mass is 10.2. The molecule has 1 rings (SSSR count). The summed E-state index contributed by atoms with van der Waals surface area (Å²) < 4.78 is 25.8. The van der Waals surface area contributed by atoms with Gasteiger partial charge in [-0.15, -0.1) is 0 Å². The van der Waals surface area contributed by atoms with Crippen molar-refractivity contribution in [2.45, 2.75) is 31.6 Å². The minimum Gasteiger partial charge on any atom is -0.480 e. The second-order valence-electron chi connectivity index (χ2n) is 4.04. The van der Waals surface area contributed by atoms with Gasteiger partial charge in [-0.2, -0.15) is 0 Å². The zero-order valence-electron chi connectivity index (χ0n) is 10.2. The van der Waals surface area contributed by atoms with E-state index in [0.717, 1.165) is 0 Å². The quantitative estimate of drug-likeness (QED) is 0.784. The van der Waals surface area contributed by atoms with Crippen molar-refractivity contribution in [2.24, 2.45) is 0 Å². The summed E-state index contributed by atoms with van der Waals surface area (Å²) in [5.74, 6) is -1.35. The number of carboxylic acid groups (broad SMARTS) is 1. The Morgan fingerprint density at radius 2 is 1.94 bits per heavy atom. The number of benzene rings is 1. The fourth-order valence-electron chi connectivity index (χ4n) is 1.57. The first-order valence-electron chi connectivity index (χ1n) is 5.71. The summed E-state index contributed by atoms with van der Waals surface area (Å²) in [6.45, 7) is 1.81. The van der Waals surface area contributed by atoms with Crippen LogP contribution in [-0.2, 0) is 20.6 Å². The highest BCUT2D eigenvalue weighted by Gasteiger charge is 2.23. The molecule has 0 aliphatic heterocycles. The van der Waals surface area contributed by atoms with Gasteiger partial charge in [0.1, 0.15) is 6.04 Å². The van der Waals surface area contributed by atoms with Crippen LogP contribution in [0.5, 0.6) is 0 Å². The molecule has 1 aromatic rings. The molecule has 0 spiro atoms. The van der Waals surface area contributed by atoms with Gasteiger partial charge in [-0.25, -0.2) is 13.1 Å². The van der Waals surface area contributed by atoms with Crippen LogP contribution in [0, 0.1) is 0 Å². The van der Waals surface area contributed by atoms with Gasteiger partial charge in [-0.3, -0.25) is 4.79 Å². The molecule has 0 aliphatic carbocycles. The molecule has 0 radical (unpaired) electrons. The third-order valence-electron chi connectivity index (χ3n) is 2.40. The first-order chi connectivity index (χ1) is 8.44. The van der Waals surface area contributed by atoms with Gasteiger partial charge >= 0.3 is 5.97 Å². The summed E-state index contributed by atoms with van der Waals surface area (Å²) in [5, 5.41) is 8.91. The zero-order valence-corrected chi connectivity index (χ0v) is 11.0. The van der Waals surface area contributed by atoms with E-state index in [2.05, 4.69) is 4.72 Å². The standard InChI is InChI=1S/C12H17NO4S/c1-2-6-11(12(14)15)13-18(16,17)9-10-7-4-3-5-8-10/h3-5,7-8,11,13H,2,6,9H2,1H3,(H,14,15)/t11-/m0/s1. The fourth-order valence-corrected chi connectivity index (χ4v) is 2.94. The minimum atomic E-state index is -3.63. The van der Waals surface area contributed by atoms with E-state index in [1.807, 2.05) is 0 Å². The number of aliphatic carboxylic acids is 1. The summed E-state index contributed by atoms with van der Waals surface area (Å²) in [7, 11) is -3.63. The molecule has 1 atom stereocenters. The predicted molar refractivity (Wildman–Crippen MR) is 68.5 cm³/mol. The Morgan fingerprint density at radius 1 is 1.33 bits per heavy atom. The molecule has 5 nitrogen and oxygen atoms in total. The first-order valence-corrected chi connectivity index (χ1v) is 7.36. The lowest BCUT2D eigenvalue weighted by Gasteiger charge is -2.13.